The molecule has 64 heavy (non-hydrogen) atoms. The molecule has 0 aromatic heterocycles. The molecule has 0 heterocycles. The Bertz CT molecular complexity index is 890. The van der Waals surface area contributed by atoms with E-state index in [2.05, 4.69) is 19.2 Å². The predicted octanol–water partition coefficient (Wildman–Crippen LogP) is 19.7. The lowest BCUT2D eigenvalue weighted by atomic mass is 10.0. The molecule has 0 radical (unpaired) electrons. The molecule has 0 aliphatic carbocycles. The summed E-state index contributed by atoms with van der Waals surface area (Å²) in [4.78, 5) is 12.5. The number of hydrogen-bond donors (Lipinski definition) is 3. The number of unbranched alkanes of at least 4 members (excludes halogenated alkanes) is 49. The largest absolute Gasteiger partial charge is 0.394 e. The van der Waals surface area contributed by atoms with E-state index in [1.54, 1.807) is 6.08 Å². The van der Waals surface area contributed by atoms with Gasteiger partial charge < -0.3 is 15.5 Å². The molecule has 0 bridgehead atoms. The van der Waals surface area contributed by atoms with Crippen molar-refractivity contribution in [1.29, 1.82) is 0 Å². The van der Waals surface area contributed by atoms with Crippen molar-refractivity contribution >= 4 is 5.91 Å². The number of carbonyl (C=O) groups excluding carboxylic acids is 1. The van der Waals surface area contributed by atoms with E-state index in [0.29, 0.717) is 6.42 Å². The van der Waals surface area contributed by atoms with Crippen LogP contribution in [0.4, 0.5) is 0 Å². The van der Waals surface area contributed by atoms with Crippen molar-refractivity contribution in [2.45, 2.75) is 360 Å². The van der Waals surface area contributed by atoms with Crippen molar-refractivity contribution < 1.29 is 15.0 Å². The molecule has 0 spiro atoms. The molecule has 4 nitrogen and oxygen atoms in total. The van der Waals surface area contributed by atoms with E-state index in [-0.39, 0.29) is 12.5 Å². The van der Waals surface area contributed by atoms with E-state index in [4.69, 9.17) is 0 Å². The van der Waals surface area contributed by atoms with Crippen molar-refractivity contribution in [3.05, 3.63) is 12.2 Å². The molecule has 0 aliphatic heterocycles. The van der Waals surface area contributed by atoms with Crippen LogP contribution in [-0.4, -0.2) is 34.9 Å². The quantitative estimate of drug-likeness (QED) is 0.0421. The Hall–Kier alpha value is -0.870. The van der Waals surface area contributed by atoms with E-state index < -0.39 is 12.1 Å². The lowest BCUT2D eigenvalue weighted by Crippen LogP contribution is -2.45. The topological polar surface area (TPSA) is 69.6 Å². The number of nitrogens with one attached hydrogen (secondary N) is 1. The number of amides is 1. The molecule has 0 rings (SSSR count). The Morgan fingerprint density at radius 3 is 0.812 bits per heavy atom. The Labute approximate surface area is 403 Å². The second-order valence-electron chi connectivity index (χ2n) is 20.8. The minimum atomic E-state index is -0.836. The summed E-state index contributed by atoms with van der Waals surface area (Å²) in [7, 11) is 0. The number of allylic oxidation sites excluding steroid dienone is 1. The van der Waals surface area contributed by atoms with Crippen LogP contribution >= 0.6 is 0 Å². The Morgan fingerprint density at radius 2 is 0.578 bits per heavy atom. The summed E-state index contributed by atoms with van der Waals surface area (Å²) in [6.45, 7) is 4.36. The van der Waals surface area contributed by atoms with Crippen LogP contribution in [0, 0.1) is 0 Å². The van der Waals surface area contributed by atoms with Crippen molar-refractivity contribution in [1.82, 2.24) is 5.32 Å². The van der Waals surface area contributed by atoms with Crippen LogP contribution in [0.5, 0.6) is 0 Å². The van der Waals surface area contributed by atoms with Crippen molar-refractivity contribution in [3.63, 3.8) is 0 Å². The van der Waals surface area contributed by atoms with E-state index in [1.165, 1.54) is 302 Å². The van der Waals surface area contributed by atoms with E-state index in [1.807, 2.05) is 6.08 Å². The van der Waals surface area contributed by atoms with Gasteiger partial charge in [-0.1, -0.05) is 334 Å². The van der Waals surface area contributed by atoms with Crippen LogP contribution in [0.25, 0.3) is 0 Å². The van der Waals surface area contributed by atoms with Gasteiger partial charge >= 0.3 is 0 Å². The average Bonchev–Trinajstić information content (AvgIpc) is 3.30. The Kier molecular flexibility index (Phi) is 55.7. The smallest absolute Gasteiger partial charge is 0.220 e. The van der Waals surface area contributed by atoms with Crippen molar-refractivity contribution in [2.75, 3.05) is 6.61 Å². The molecule has 1 amide bonds. The number of carbonyl (C=O) groups is 1. The first-order chi connectivity index (χ1) is 31.7. The minimum Gasteiger partial charge on any atom is -0.394 e. The van der Waals surface area contributed by atoms with Gasteiger partial charge in [-0.25, -0.2) is 0 Å². The second-order valence-corrected chi connectivity index (χ2v) is 20.8. The maximum atomic E-state index is 12.5. The molecular weight excluding hydrogens is 783 g/mol. The Morgan fingerprint density at radius 1 is 0.359 bits per heavy atom. The third kappa shape index (κ3) is 52.1. The number of aliphatic hydroxyl groups excluding tert-OH is 2. The first-order valence-electron chi connectivity index (χ1n) is 29.9. The van der Waals surface area contributed by atoms with Crippen molar-refractivity contribution in [2.24, 2.45) is 0 Å². The van der Waals surface area contributed by atoms with Crippen LogP contribution in [0.2, 0.25) is 0 Å². The fraction of sp³-hybridized carbons (Fsp3) is 0.950. The van der Waals surface area contributed by atoms with Crippen LogP contribution in [0.1, 0.15) is 348 Å². The molecule has 0 fully saturated rings. The molecule has 0 aromatic rings. The first kappa shape index (κ1) is 63.1. The molecule has 4 heteroatoms. The van der Waals surface area contributed by atoms with Gasteiger partial charge in [0, 0.05) is 6.42 Å². The highest BCUT2D eigenvalue weighted by Crippen LogP contribution is 2.18. The van der Waals surface area contributed by atoms with Gasteiger partial charge in [0.05, 0.1) is 18.8 Å². The molecule has 0 aromatic carbocycles. The lowest BCUT2D eigenvalue weighted by Gasteiger charge is -2.20. The highest BCUT2D eigenvalue weighted by Gasteiger charge is 2.18. The Balaban J connectivity index is 3.43. The third-order valence-electron chi connectivity index (χ3n) is 14.3. The highest BCUT2D eigenvalue weighted by molar-refractivity contribution is 5.76. The predicted molar refractivity (Wildman–Crippen MR) is 286 cm³/mol. The summed E-state index contributed by atoms with van der Waals surface area (Å²) in [6, 6.07) is -0.618. The van der Waals surface area contributed by atoms with Crippen LogP contribution in [0.3, 0.4) is 0 Å². The molecule has 2 atom stereocenters. The van der Waals surface area contributed by atoms with Crippen LogP contribution in [0.15, 0.2) is 12.2 Å². The average molecular weight is 903 g/mol. The van der Waals surface area contributed by atoms with Crippen molar-refractivity contribution in [3.8, 4) is 0 Å². The normalized spacial score (nSPS) is 12.8. The molecule has 0 aliphatic rings. The SMILES string of the molecule is CCCCCCCCCCCCCCCCCCCCCCCCCC/C=C/C(O)C(CO)NC(=O)CCCCCCCCCCCCCCCCCCCCCCCCCCCC. The van der Waals surface area contributed by atoms with E-state index in [9.17, 15) is 15.0 Å². The molecule has 3 N–H and O–H groups in total. The van der Waals surface area contributed by atoms with E-state index >= 15 is 0 Å². The summed E-state index contributed by atoms with van der Waals surface area (Å²) in [6.07, 6.45) is 73.9. The van der Waals surface area contributed by atoms with Gasteiger partial charge in [-0.2, -0.15) is 0 Å². The molecule has 0 saturated heterocycles. The zero-order chi connectivity index (χ0) is 46.3. The zero-order valence-electron chi connectivity index (χ0n) is 44.1. The highest BCUT2D eigenvalue weighted by atomic mass is 16.3. The number of hydrogen-bond acceptors (Lipinski definition) is 3. The molecule has 0 saturated carbocycles. The number of rotatable bonds is 56. The van der Waals surface area contributed by atoms with Gasteiger partial charge in [0.1, 0.15) is 0 Å². The monoisotopic (exact) mass is 902 g/mol. The second kappa shape index (κ2) is 56.5. The van der Waals surface area contributed by atoms with Gasteiger partial charge in [-0.15, -0.1) is 0 Å². The summed E-state index contributed by atoms with van der Waals surface area (Å²) < 4.78 is 0. The maximum absolute atomic E-state index is 12.5. The molecular formula is C60H119NO3. The van der Waals surface area contributed by atoms with Crippen LogP contribution < -0.4 is 5.32 Å². The number of aliphatic hydroxyl groups is 2. The zero-order valence-corrected chi connectivity index (χ0v) is 44.1. The fourth-order valence-corrected chi connectivity index (χ4v) is 9.71. The summed E-state index contributed by atoms with van der Waals surface area (Å²) in [5.74, 6) is -0.0548. The summed E-state index contributed by atoms with van der Waals surface area (Å²) in [5.41, 5.74) is 0. The molecule has 382 valence electrons. The van der Waals surface area contributed by atoms with Gasteiger partial charge in [-0.3, -0.25) is 4.79 Å². The third-order valence-corrected chi connectivity index (χ3v) is 14.3. The standard InChI is InChI=1S/C60H119NO3/c1-3-5-7-9-11-13-15-17-19-21-23-25-27-29-31-33-35-37-39-41-43-45-47-49-51-53-55-59(63)58(57-62)61-60(64)56-54-52-50-48-46-44-42-40-38-36-34-32-30-28-26-24-22-20-18-16-14-12-10-8-6-4-2/h53,55,58-59,62-63H,3-52,54,56-57H2,1-2H3,(H,61,64)/b55-53+. The summed E-state index contributed by atoms with van der Waals surface area (Å²) in [5, 5.41) is 23.2. The first-order valence-corrected chi connectivity index (χ1v) is 29.9. The maximum Gasteiger partial charge on any atom is 0.220 e. The van der Waals surface area contributed by atoms with Gasteiger partial charge in [0.15, 0.2) is 0 Å². The van der Waals surface area contributed by atoms with Gasteiger partial charge in [-0.05, 0) is 19.3 Å². The van der Waals surface area contributed by atoms with Gasteiger partial charge in [0.25, 0.3) is 0 Å². The minimum absolute atomic E-state index is 0.0548. The van der Waals surface area contributed by atoms with E-state index in [0.717, 1.165) is 25.7 Å². The van der Waals surface area contributed by atoms with Gasteiger partial charge in [0.2, 0.25) is 5.91 Å². The lowest BCUT2D eigenvalue weighted by molar-refractivity contribution is -0.123. The molecule has 2 unspecified atom stereocenters. The fourth-order valence-electron chi connectivity index (χ4n) is 9.71. The summed E-state index contributed by atoms with van der Waals surface area (Å²) >= 11 is 0. The van der Waals surface area contributed by atoms with Crippen LogP contribution in [-0.2, 0) is 4.79 Å².